The summed E-state index contributed by atoms with van der Waals surface area (Å²) in [6, 6.07) is 0. The lowest BCUT2D eigenvalue weighted by Gasteiger charge is -2.30. The van der Waals surface area contributed by atoms with Gasteiger partial charge in [-0.25, -0.2) is 0 Å². The minimum Gasteiger partial charge on any atom is -0.376 e. The van der Waals surface area contributed by atoms with E-state index in [-0.39, 0.29) is 0 Å². The van der Waals surface area contributed by atoms with Crippen molar-refractivity contribution in [2.45, 2.75) is 26.4 Å². The molecular weight excluding hydrogens is 190 g/mol. The number of anilines is 1. The van der Waals surface area contributed by atoms with Gasteiger partial charge < -0.3 is 9.64 Å². The van der Waals surface area contributed by atoms with Gasteiger partial charge in [0.15, 0.2) is 5.82 Å². The number of aryl methyl sites for hydroxylation is 1. The van der Waals surface area contributed by atoms with Gasteiger partial charge in [0, 0.05) is 30.3 Å². The highest BCUT2D eigenvalue weighted by Gasteiger charge is 2.35. The van der Waals surface area contributed by atoms with Gasteiger partial charge in [-0.2, -0.15) is 5.10 Å². The Balaban J connectivity index is 1.86. The van der Waals surface area contributed by atoms with Crippen LogP contribution in [0, 0.1) is 19.8 Å². The predicted octanol–water partition coefficient (Wildman–Crippen LogP) is 1.25. The van der Waals surface area contributed by atoms with Crippen molar-refractivity contribution in [3.8, 4) is 0 Å². The van der Waals surface area contributed by atoms with Gasteiger partial charge in [-0.3, -0.25) is 5.10 Å². The molecule has 2 saturated heterocycles. The van der Waals surface area contributed by atoms with Crippen molar-refractivity contribution in [1.82, 2.24) is 10.2 Å². The number of aromatic nitrogens is 2. The molecule has 2 unspecified atom stereocenters. The summed E-state index contributed by atoms with van der Waals surface area (Å²) in [5.41, 5.74) is 2.44. The monoisotopic (exact) mass is 207 g/mol. The molecule has 2 aliphatic rings. The fraction of sp³-hybridized carbons (Fsp3) is 0.727. The standard InChI is InChI=1S/C11H17N3O/c1-7-8(2)12-13-11(7)14-4-9-3-10(5-14)15-6-9/h9-10H,3-6H2,1-2H3,(H,12,13). The molecule has 1 aromatic heterocycles. The van der Waals surface area contributed by atoms with Gasteiger partial charge in [-0.15, -0.1) is 0 Å². The summed E-state index contributed by atoms with van der Waals surface area (Å²) in [6.45, 7) is 7.24. The lowest BCUT2D eigenvalue weighted by atomic mass is 10.00. The fourth-order valence-electron chi connectivity index (χ4n) is 2.62. The zero-order valence-corrected chi connectivity index (χ0v) is 9.29. The Bertz CT molecular complexity index is 362. The van der Waals surface area contributed by atoms with E-state index in [1.54, 1.807) is 0 Å². The first kappa shape index (κ1) is 9.21. The number of H-pyrrole nitrogens is 1. The van der Waals surface area contributed by atoms with Crippen LogP contribution in [0.4, 0.5) is 5.82 Å². The molecule has 15 heavy (non-hydrogen) atoms. The number of nitrogens with zero attached hydrogens (tertiary/aromatic N) is 2. The van der Waals surface area contributed by atoms with E-state index in [9.17, 15) is 0 Å². The summed E-state index contributed by atoms with van der Waals surface area (Å²) in [7, 11) is 0. The number of nitrogens with one attached hydrogen (secondary N) is 1. The van der Waals surface area contributed by atoms with Crippen LogP contribution in [-0.2, 0) is 4.74 Å². The number of ether oxygens (including phenoxy) is 1. The van der Waals surface area contributed by atoms with E-state index >= 15 is 0 Å². The van der Waals surface area contributed by atoms with E-state index < -0.39 is 0 Å². The molecule has 0 amide bonds. The summed E-state index contributed by atoms with van der Waals surface area (Å²) >= 11 is 0. The summed E-state index contributed by atoms with van der Waals surface area (Å²) in [4.78, 5) is 2.37. The molecule has 82 valence electrons. The number of hydrogen-bond acceptors (Lipinski definition) is 3. The van der Waals surface area contributed by atoms with Crippen LogP contribution in [0.2, 0.25) is 0 Å². The van der Waals surface area contributed by atoms with Crippen molar-refractivity contribution in [2.24, 2.45) is 5.92 Å². The van der Waals surface area contributed by atoms with E-state index in [1.807, 2.05) is 0 Å². The Morgan fingerprint density at radius 3 is 2.93 bits per heavy atom. The minimum absolute atomic E-state index is 0.431. The highest BCUT2D eigenvalue weighted by Crippen LogP contribution is 2.31. The van der Waals surface area contributed by atoms with Crippen molar-refractivity contribution >= 4 is 5.82 Å². The highest BCUT2D eigenvalue weighted by molar-refractivity contribution is 5.48. The van der Waals surface area contributed by atoms with Gasteiger partial charge in [-0.1, -0.05) is 0 Å². The molecule has 2 fully saturated rings. The van der Waals surface area contributed by atoms with Gasteiger partial charge in [0.1, 0.15) is 0 Å². The largest absolute Gasteiger partial charge is 0.376 e. The van der Waals surface area contributed by atoms with Crippen LogP contribution >= 0.6 is 0 Å². The van der Waals surface area contributed by atoms with Crippen molar-refractivity contribution in [1.29, 1.82) is 0 Å². The molecular formula is C11H17N3O. The van der Waals surface area contributed by atoms with Crippen molar-refractivity contribution in [2.75, 3.05) is 24.6 Å². The third kappa shape index (κ3) is 1.44. The second-order valence-corrected chi connectivity index (χ2v) is 4.76. The molecule has 2 bridgehead atoms. The minimum atomic E-state index is 0.431. The topological polar surface area (TPSA) is 41.2 Å². The van der Waals surface area contributed by atoms with Crippen molar-refractivity contribution in [3.05, 3.63) is 11.3 Å². The number of rotatable bonds is 1. The maximum absolute atomic E-state index is 5.70. The lowest BCUT2D eigenvalue weighted by molar-refractivity contribution is 0.119. The molecule has 3 heterocycles. The third-order valence-corrected chi connectivity index (χ3v) is 3.59. The second-order valence-electron chi connectivity index (χ2n) is 4.76. The molecule has 1 N–H and O–H groups in total. The van der Waals surface area contributed by atoms with E-state index in [4.69, 9.17) is 4.74 Å². The molecule has 4 heteroatoms. The molecule has 2 aliphatic heterocycles. The Labute approximate surface area is 89.6 Å². The van der Waals surface area contributed by atoms with Gasteiger partial charge >= 0.3 is 0 Å². The Morgan fingerprint density at radius 1 is 1.40 bits per heavy atom. The van der Waals surface area contributed by atoms with Gasteiger partial charge in [0.05, 0.1) is 12.7 Å². The SMILES string of the molecule is Cc1[nH]nc(N2CC3COC(C3)C2)c1C. The molecule has 0 spiro atoms. The molecule has 0 radical (unpaired) electrons. The summed E-state index contributed by atoms with van der Waals surface area (Å²) in [5.74, 6) is 1.83. The third-order valence-electron chi connectivity index (χ3n) is 3.59. The molecule has 0 saturated carbocycles. The zero-order chi connectivity index (χ0) is 10.4. The first-order valence-corrected chi connectivity index (χ1v) is 5.62. The number of hydrogen-bond donors (Lipinski definition) is 1. The normalized spacial score (nSPS) is 29.9. The Kier molecular flexibility index (Phi) is 1.99. The summed E-state index contributed by atoms with van der Waals surface area (Å²) in [5, 5.41) is 7.43. The smallest absolute Gasteiger partial charge is 0.153 e. The van der Waals surface area contributed by atoms with Gasteiger partial charge in [0.25, 0.3) is 0 Å². The lowest BCUT2D eigenvalue weighted by Crippen LogP contribution is -2.39. The van der Waals surface area contributed by atoms with Crippen LogP contribution in [0.1, 0.15) is 17.7 Å². The fourth-order valence-corrected chi connectivity index (χ4v) is 2.62. The van der Waals surface area contributed by atoms with E-state index in [0.29, 0.717) is 12.0 Å². The number of aromatic amines is 1. The van der Waals surface area contributed by atoms with Crippen molar-refractivity contribution < 1.29 is 4.74 Å². The van der Waals surface area contributed by atoms with Crippen LogP contribution in [0.25, 0.3) is 0 Å². The van der Waals surface area contributed by atoms with Gasteiger partial charge in [-0.05, 0) is 20.3 Å². The van der Waals surface area contributed by atoms with E-state index in [0.717, 1.165) is 25.5 Å². The van der Waals surface area contributed by atoms with Crippen LogP contribution < -0.4 is 4.90 Å². The molecule has 4 nitrogen and oxygen atoms in total. The van der Waals surface area contributed by atoms with E-state index in [1.165, 1.54) is 17.7 Å². The Hall–Kier alpha value is -1.03. The van der Waals surface area contributed by atoms with Crippen LogP contribution in [0.15, 0.2) is 0 Å². The maximum Gasteiger partial charge on any atom is 0.153 e. The van der Waals surface area contributed by atoms with Crippen LogP contribution in [0.5, 0.6) is 0 Å². The first-order chi connectivity index (χ1) is 7.24. The number of fused-ring (bicyclic) bond motifs is 2. The molecule has 0 aliphatic carbocycles. The predicted molar refractivity (Wildman–Crippen MR) is 58.1 cm³/mol. The average molecular weight is 207 g/mol. The molecule has 1 aromatic rings. The quantitative estimate of drug-likeness (QED) is 0.753. The summed E-state index contributed by atoms with van der Waals surface area (Å²) < 4.78 is 5.70. The maximum atomic E-state index is 5.70. The average Bonchev–Trinajstić information content (AvgIpc) is 2.73. The van der Waals surface area contributed by atoms with E-state index in [2.05, 4.69) is 28.9 Å². The molecule has 2 atom stereocenters. The second kappa shape index (κ2) is 3.23. The highest BCUT2D eigenvalue weighted by atomic mass is 16.5. The van der Waals surface area contributed by atoms with Crippen LogP contribution in [0.3, 0.4) is 0 Å². The van der Waals surface area contributed by atoms with Crippen LogP contribution in [-0.4, -0.2) is 36.0 Å². The van der Waals surface area contributed by atoms with Gasteiger partial charge in [0.2, 0.25) is 0 Å². The Morgan fingerprint density at radius 2 is 2.27 bits per heavy atom. The molecule has 3 rings (SSSR count). The zero-order valence-electron chi connectivity index (χ0n) is 9.29. The van der Waals surface area contributed by atoms with Crippen molar-refractivity contribution in [3.63, 3.8) is 0 Å². The molecule has 0 aromatic carbocycles. The number of piperidine rings is 1. The first-order valence-electron chi connectivity index (χ1n) is 5.62. The summed E-state index contributed by atoms with van der Waals surface area (Å²) in [6.07, 6.45) is 1.67.